The number of ether oxygens (including phenoxy) is 1. The molecular weight excluding hydrogens is 164 g/mol. The molecule has 2 atom stereocenters. The normalized spacial score (nSPS) is 31.2. The lowest BCUT2D eigenvalue weighted by Gasteiger charge is -2.34. The Morgan fingerprint density at radius 1 is 1.60 bits per heavy atom. The van der Waals surface area contributed by atoms with Gasteiger partial charge in [0, 0.05) is 12.6 Å². The van der Waals surface area contributed by atoms with E-state index in [1.165, 1.54) is 0 Å². The quantitative estimate of drug-likeness (QED) is 0.673. The minimum Gasteiger partial charge on any atom is -0.317 e. The minimum absolute atomic E-state index is 0. The second kappa shape index (κ2) is 4.05. The van der Waals surface area contributed by atoms with Gasteiger partial charge < -0.3 is 10.1 Å². The average molecular weight is 174 g/mol. The van der Waals surface area contributed by atoms with Crippen LogP contribution in [0.4, 0.5) is 8.78 Å². The smallest absolute Gasteiger partial charge is 0.317 e. The third-order valence-corrected chi connectivity index (χ3v) is 1.48. The molecule has 1 rings (SSSR count). The monoisotopic (exact) mass is 173 g/mol. The summed E-state index contributed by atoms with van der Waals surface area (Å²) in [5, 5.41) is 2.91. The summed E-state index contributed by atoms with van der Waals surface area (Å²) in [5.74, 6) is 0. The molecule has 1 saturated heterocycles. The van der Waals surface area contributed by atoms with Crippen LogP contribution in [-0.2, 0) is 4.74 Å². The van der Waals surface area contributed by atoms with Crippen LogP contribution in [0.25, 0.3) is 0 Å². The summed E-state index contributed by atoms with van der Waals surface area (Å²) in [6.45, 7) is -0.262. The largest absolute Gasteiger partial charge is 0.345 e. The Labute approximate surface area is 64.3 Å². The third kappa shape index (κ3) is 2.36. The molecule has 62 valence electrons. The van der Waals surface area contributed by atoms with Gasteiger partial charge in [-0.05, 0) is 6.92 Å². The fraction of sp³-hybridized carbons (Fsp3) is 1.00. The highest BCUT2D eigenvalue weighted by atomic mass is 35.5. The first kappa shape index (κ1) is 10.1. The molecule has 1 N–H and O–H groups in total. The van der Waals surface area contributed by atoms with Crippen molar-refractivity contribution in [2.45, 2.75) is 25.7 Å². The first-order valence-electron chi connectivity index (χ1n) is 2.87. The SMILES string of the molecule is C[C@@H]1NC[C@@H]1OC(F)F.Cl. The van der Waals surface area contributed by atoms with Crippen LogP contribution in [0.15, 0.2) is 0 Å². The molecule has 2 nitrogen and oxygen atoms in total. The Morgan fingerprint density at radius 3 is 2.30 bits per heavy atom. The Hall–Kier alpha value is 0.0700. The van der Waals surface area contributed by atoms with E-state index >= 15 is 0 Å². The molecule has 0 radical (unpaired) electrons. The lowest BCUT2D eigenvalue weighted by Crippen LogP contribution is -2.57. The van der Waals surface area contributed by atoms with Crippen LogP contribution in [-0.4, -0.2) is 25.3 Å². The van der Waals surface area contributed by atoms with Gasteiger partial charge in [0.15, 0.2) is 0 Å². The van der Waals surface area contributed by atoms with E-state index in [-0.39, 0.29) is 24.6 Å². The van der Waals surface area contributed by atoms with Crippen molar-refractivity contribution in [1.29, 1.82) is 0 Å². The van der Waals surface area contributed by atoms with E-state index in [1.54, 1.807) is 0 Å². The van der Waals surface area contributed by atoms with Crippen LogP contribution in [0, 0.1) is 0 Å². The number of hydrogen-bond acceptors (Lipinski definition) is 2. The fourth-order valence-electron chi connectivity index (χ4n) is 0.748. The molecule has 10 heavy (non-hydrogen) atoms. The highest BCUT2D eigenvalue weighted by Gasteiger charge is 2.29. The van der Waals surface area contributed by atoms with Gasteiger partial charge in [-0.25, -0.2) is 0 Å². The standard InChI is InChI=1S/C5H9F2NO.ClH/c1-3-4(2-8-3)9-5(6)7;/h3-5,8H,2H2,1H3;1H/t3-,4-;/m0./s1. The maximum absolute atomic E-state index is 11.4. The molecule has 0 aromatic carbocycles. The Bertz CT molecular complexity index is 104. The number of halogens is 3. The van der Waals surface area contributed by atoms with Crippen molar-refractivity contribution in [1.82, 2.24) is 5.32 Å². The van der Waals surface area contributed by atoms with Crippen molar-refractivity contribution >= 4 is 12.4 Å². The third-order valence-electron chi connectivity index (χ3n) is 1.48. The number of hydrogen-bond donors (Lipinski definition) is 1. The topological polar surface area (TPSA) is 21.3 Å². The van der Waals surface area contributed by atoms with Gasteiger partial charge in [-0.3, -0.25) is 0 Å². The molecule has 0 aromatic rings. The van der Waals surface area contributed by atoms with Gasteiger partial charge in [-0.15, -0.1) is 12.4 Å². The zero-order chi connectivity index (χ0) is 6.85. The van der Waals surface area contributed by atoms with Crippen molar-refractivity contribution in [3.05, 3.63) is 0 Å². The molecule has 1 aliphatic heterocycles. The highest BCUT2D eigenvalue weighted by Crippen LogP contribution is 2.11. The maximum atomic E-state index is 11.4. The predicted molar refractivity (Wildman–Crippen MR) is 35.6 cm³/mol. The van der Waals surface area contributed by atoms with E-state index in [2.05, 4.69) is 10.1 Å². The first-order valence-corrected chi connectivity index (χ1v) is 2.87. The van der Waals surface area contributed by atoms with E-state index < -0.39 is 6.61 Å². The summed E-state index contributed by atoms with van der Waals surface area (Å²) in [7, 11) is 0. The van der Waals surface area contributed by atoms with Crippen molar-refractivity contribution < 1.29 is 13.5 Å². The van der Waals surface area contributed by atoms with E-state index in [4.69, 9.17) is 0 Å². The van der Waals surface area contributed by atoms with Gasteiger partial charge in [0.1, 0.15) is 0 Å². The lowest BCUT2D eigenvalue weighted by molar-refractivity contribution is -0.184. The van der Waals surface area contributed by atoms with Gasteiger partial charge >= 0.3 is 6.61 Å². The van der Waals surface area contributed by atoms with Gasteiger partial charge in [-0.2, -0.15) is 8.78 Å². The molecule has 1 heterocycles. The summed E-state index contributed by atoms with van der Waals surface area (Å²) < 4.78 is 27.1. The molecule has 0 bridgehead atoms. The zero-order valence-corrected chi connectivity index (χ0v) is 6.33. The molecule has 0 spiro atoms. The second-order valence-electron chi connectivity index (χ2n) is 2.13. The molecule has 0 aliphatic carbocycles. The van der Waals surface area contributed by atoms with Gasteiger partial charge in [-0.1, -0.05) is 0 Å². The van der Waals surface area contributed by atoms with E-state index in [9.17, 15) is 8.78 Å². The summed E-state index contributed by atoms with van der Waals surface area (Å²) in [6, 6.07) is 0.0824. The van der Waals surface area contributed by atoms with Crippen LogP contribution in [0.3, 0.4) is 0 Å². The molecule has 0 unspecified atom stereocenters. The minimum atomic E-state index is -2.63. The molecule has 1 fully saturated rings. The van der Waals surface area contributed by atoms with Crippen molar-refractivity contribution in [3.63, 3.8) is 0 Å². The number of rotatable bonds is 2. The number of nitrogens with one attached hydrogen (secondary N) is 1. The van der Waals surface area contributed by atoms with Crippen molar-refractivity contribution in [2.24, 2.45) is 0 Å². The molecule has 0 amide bonds. The summed E-state index contributed by atoms with van der Waals surface area (Å²) >= 11 is 0. The molecular formula is C5H10ClF2NO. The van der Waals surface area contributed by atoms with Gasteiger partial charge in [0.05, 0.1) is 6.10 Å². The summed E-state index contributed by atoms with van der Waals surface area (Å²) in [6.07, 6.45) is -0.287. The lowest BCUT2D eigenvalue weighted by atomic mass is 10.1. The van der Waals surface area contributed by atoms with Gasteiger partial charge in [0.25, 0.3) is 0 Å². The Morgan fingerprint density at radius 2 is 2.20 bits per heavy atom. The molecule has 5 heteroatoms. The van der Waals surface area contributed by atoms with Crippen LogP contribution in [0.1, 0.15) is 6.92 Å². The van der Waals surface area contributed by atoms with E-state index in [1.807, 2.05) is 6.92 Å². The summed E-state index contributed by atoms with van der Waals surface area (Å²) in [4.78, 5) is 0. The van der Waals surface area contributed by atoms with Crippen LogP contribution >= 0.6 is 12.4 Å². The van der Waals surface area contributed by atoms with Crippen molar-refractivity contribution in [3.8, 4) is 0 Å². The maximum Gasteiger partial charge on any atom is 0.345 e. The Balaban J connectivity index is 0.000000810. The molecule has 0 aromatic heterocycles. The van der Waals surface area contributed by atoms with Crippen LogP contribution in [0.5, 0.6) is 0 Å². The number of alkyl halides is 2. The first-order chi connectivity index (χ1) is 4.20. The highest BCUT2D eigenvalue weighted by molar-refractivity contribution is 5.85. The molecule has 0 saturated carbocycles. The summed E-state index contributed by atoms with van der Waals surface area (Å²) in [5.41, 5.74) is 0. The van der Waals surface area contributed by atoms with E-state index in [0.29, 0.717) is 6.54 Å². The predicted octanol–water partition coefficient (Wildman–Crippen LogP) is 1.01. The van der Waals surface area contributed by atoms with Crippen LogP contribution in [0.2, 0.25) is 0 Å². The Kier molecular flexibility index (Phi) is 4.08. The van der Waals surface area contributed by atoms with Crippen molar-refractivity contribution in [2.75, 3.05) is 6.54 Å². The second-order valence-corrected chi connectivity index (χ2v) is 2.13. The zero-order valence-electron chi connectivity index (χ0n) is 5.51. The van der Waals surface area contributed by atoms with Crippen LogP contribution < -0.4 is 5.32 Å². The molecule has 1 aliphatic rings. The average Bonchev–Trinajstić information content (AvgIpc) is 1.79. The van der Waals surface area contributed by atoms with Gasteiger partial charge in [0.2, 0.25) is 0 Å². The fourth-order valence-corrected chi connectivity index (χ4v) is 0.748. The van der Waals surface area contributed by atoms with E-state index in [0.717, 1.165) is 0 Å².